The predicted molar refractivity (Wildman–Crippen MR) is 126 cm³/mol. The first-order valence-corrected chi connectivity index (χ1v) is 13.9. The fourth-order valence-electron chi connectivity index (χ4n) is 11.1. The van der Waals surface area contributed by atoms with Crippen molar-refractivity contribution >= 4 is 0 Å². The van der Waals surface area contributed by atoms with E-state index in [1.807, 2.05) is 7.11 Å². The van der Waals surface area contributed by atoms with Crippen LogP contribution in [0.3, 0.4) is 0 Å². The number of methoxy groups -OCH3 is 1. The minimum Gasteiger partial charge on any atom is -0.381 e. The van der Waals surface area contributed by atoms with Gasteiger partial charge in [0.1, 0.15) is 0 Å². The molecule has 0 amide bonds. The Labute approximate surface area is 191 Å². The van der Waals surface area contributed by atoms with Gasteiger partial charge < -0.3 is 9.47 Å². The Hall–Kier alpha value is -0.0800. The highest BCUT2D eigenvalue weighted by Crippen LogP contribution is 2.82. The highest BCUT2D eigenvalue weighted by molar-refractivity contribution is 5.26. The molecular weight excluding hydrogens is 380 g/mol. The molecule has 6 aliphatic rings. The van der Waals surface area contributed by atoms with E-state index in [2.05, 4.69) is 41.5 Å². The van der Waals surface area contributed by atoms with E-state index in [0.717, 1.165) is 41.4 Å². The van der Waals surface area contributed by atoms with Gasteiger partial charge in [-0.05, 0) is 110 Å². The number of ether oxygens (including phenoxy) is 2. The van der Waals surface area contributed by atoms with Crippen molar-refractivity contribution in [2.24, 2.45) is 63.6 Å². The molecule has 1 spiro atoms. The molecule has 0 aromatic rings. The summed E-state index contributed by atoms with van der Waals surface area (Å²) in [4.78, 5) is 0. The third-order valence-corrected chi connectivity index (χ3v) is 13.2. The van der Waals surface area contributed by atoms with E-state index in [4.69, 9.17) is 9.47 Å². The van der Waals surface area contributed by atoms with Crippen molar-refractivity contribution < 1.29 is 9.47 Å². The molecule has 6 fully saturated rings. The topological polar surface area (TPSA) is 21.8 Å². The summed E-state index contributed by atoms with van der Waals surface area (Å²) in [5.41, 5.74) is 1.65. The van der Waals surface area contributed by atoms with Crippen LogP contribution in [0.1, 0.15) is 92.9 Å². The summed E-state index contributed by atoms with van der Waals surface area (Å²) < 4.78 is 12.7. The van der Waals surface area contributed by atoms with Crippen LogP contribution >= 0.6 is 0 Å². The highest BCUT2D eigenvalue weighted by Gasteiger charge is 2.77. The van der Waals surface area contributed by atoms with Crippen LogP contribution in [0.25, 0.3) is 0 Å². The molecule has 31 heavy (non-hydrogen) atoms. The molecule has 0 aromatic carbocycles. The van der Waals surface area contributed by atoms with Crippen LogP contribution in [-0.2, 0) is 9.47 Å². The van der Waals surface area contributed by atoms with E-state index in [0.29, 0.717) is 40.5 Å². The van der Waals surface area contributed by atoms with Gasteiger partial charge in [-0.25, -0.2) is 0 Å². The van der Waals surface area contributed by atoms with Gasteiger partial charge in [0.15, 0.2) is 0 Å². The van der Waals surface area contributed by atoms with Gasteiger partial charge in [-0.15, -0.1) is 0 Å². The summed E-state index contributed by atoms with van der Waals surface area (Å²) in [5.74, 6) is 6.77. The average Bonchev–Trinajstić information content (AvgIpc) is 3.62. The van der Waals surface area contributed by atoms with Gasteiger partial charge in [0.05, 0.1) is 18.3 Å². The van der Waals surface area contributed by atoms with Crippen molar-refractivity contribution in [2.45, 2.75) is 111 Å². The second kappa shape index (κ2) is 6.74. The average molecular weight is 429 g/mol. The molecule has 2 nitrogen and oxygen atoms in total. The number of fused-ring (bicyclic) bond motifs is 4. The Morgan fingerprint density at radius 3 is 2.35 bits per heavy atom. The third-order valence-electron chi connectivity index (χ3n) is 13.2. The van der Waals surface area contributed by atoms with Crippen molar-refractivity contribution in [1.29, 1.82) is 0 Å². The first kappa shape index (κ1) is 21.5. The highest BCUT2D eigenvalue weighted by atomic mass is 16.6. The van der Waals surface area contributed by atoms with Gasteiger partial charge in [-0.3, -0.25) is 0 Å². The summed E-state index contributed by atoms with van der Waals surface area (Å²) in [6, 6.07) is 0. The molecule has 0 unspecified atom stereocenters. The molecular formula is C29H48O2. The predicted octanol–water partition coefficient (Wildman–Crippen LogP) is 6.97. The van der Waals surface area contributed by atoms with Crippen molar-refractivity contribution in [1.82, 2.24) is 0 Å². The zero-order valence-corrected chi connectivity index (χ0v) is 21.3. The summed E-state index contributed by atoms with van der Waals surface area (Å²) in [6.07, 6.45) is 13.2. The molecule has 5 aliphatic carbocycles. The quantitative estimate of drug-likeness (QED) is 0.441. The number of hydrogen-bond acceptors (Lipinski definition) is 2. The standard InChI is InChI=1S/C29H48O2/c1-16(2)17(3)25-26(31-25)18(4)21-8-9-22-20-14-24(30-7)29-15-19(29)10-13-28(29,6)23(20)11-12-27(21,22)5/h16-26H,8-15H2,1-7H3/t17-,18+,19+,20+,21-,22+,23+,24-,25-,26-,27-,28-,29+/m1/s1. The molecule has 0 N–H and O–H groups in total. The van der Waals surface area contributed by atoms with Crippen LogP contribution in [0.2, 0.25) is 0 Å². The van der Waals surface area contributed by atoms with E-state index < -0.39 is 0 Å². The first-order valence-electron chi connectivity index (χ1n) is 13.9. The van der Waals surface area contributed by atoms with Crippen molar-refractivity contribution in [3.8, 4) is 0 Å². The van der Waals surface area contributed by atoms with Crippen LogP contribution < -0.4 is 0 Å². The summed E-state index contributed by atoms with van der Waals surface area (Å²) in [5, 5.41) is 0. The summed E-state index contributed by atoms with van der Waals surface area (Å²) >= 11 is 0. The maximum atomic E-state index is 6.35. The second-order valence-electron chi connectivity index (χ2n) is 14.0. The zero-order chi connectivity index (χ0) is 21.9. The Balaban J connectivity index is 1.24. The molecule has 6 rings (SSSR count). The minimum atomic E-state index is 0.519. The fraction of sp³-hybridized carbons (Fsp3) is 1.00. The molecule has 1 heterocycles. The maximum absolute atomic E-state index is 6.35. The van der Waals surface area contributed by atoms with Crippen molar-refractivity contribution in [3.05, 3.63) is 0 Å². The lowest BCUT2D eigenvalue weighted by Crippen LogP contribution is -2.57. The molecule has 1 saturated heterocycles. The largest absolute Gasteiger partial charge is 0.381 e. The molecule has 5 saturated carbocycles. The fourth-order valence-corrected chi connectivity index (χ4v) is 11.1. The van der Waals surface area contributed by atoms with Gasteiger partial charge in [-0.1, -0.05) is 41.5 Å². The zero-order valence-electron chi connectivity index (χ0n) is 21.3. The van der Waals surface area contributed by atoms with Crippen LogP contribution in [-0.4, -0.2) is 25.4 Å². The van der Waals surface area contributed by atoms with Crippen LogP contribution in [0.15, 0.2) is 0 Å². The number of rotatable bonds is 5. The lowest BCUT2D eigenvalue weighted by atomic mass is 9.45. The lowest BCUT2D eigenvalue weighted by Gasteiger charge is -2.61. The Kier molecular flexibility index (Phi) is 4.67. The van der Waals surface area contributed by atoms with E-state index in [1.165, 1.54) is 51.4 Å². The monoisotopic (exact) mass is 428 g/mol. The lowest BCUT2D eigenvalue weighted by molar-refractivity contribution is -0.161. The van der Waals surface area contributed by atoms with Crippen LogP contribution in [0, 0.1) is 63.6 Å². The third kappa shape index (κ3) is 2.59. The minimum absolute atomic E-state index is 0.519. The second-order valence-corrected chi connectivity index (χ2v) is 14.0. The molecule has 176 valence electrons. The smallest absolute Gasteiger partial charge is 0.0873 e. The summed E-state index contributed by atoms with van der Waals surface area (Å²) in [6.45, 7) is 15.1. The van der Waals surface area contributed by atoms with Gasteiger partial charge >= 0.3 is 0 Å². The number of epoxide rings is 1. The van der Waals surface area contributed by atoms with E-state index in [1.54, 1.807) is 0 Å². The Morgan fingerprint density at radius 1 is 0.903 bits per heavy atom. The van der Waals surface area contributed by atoms with E-state index >= 15 is 0 Å². The first-order chi connectivity index (χ1) is 14.7. The molecule has 0 bridgehead atoms. The molecule has 0 radical (unpaired) electrons. The molecule has 2 heteroatoms. The van der Waals surface area contributed by atoms with E-state index in [-0.39, 0.29) is 0 Å². The molecule has 1 aliphatic heterocycles. The summed E-state index contributed by atoms with van der Waals surface area (Å²) in [7, 11) is 2.02. The SMILES string of the molecule is CO[C@@H]1C[C@H]2[C@@H]3CC[C@H]([C@H](C)[C@H]4O[C@@H]4[C@H](C)C(C)C)[C@@]3(C)CC[C@@H]2[C@@]2(C)CC[C@H]3C[C@]312. The normalized spacial score (nSPS) is 58.8. The van der Waals surface area contributed by atoms with Gasteiger partial charge in [0, 0.05) is 12.5 Å². The maximum Gasteiger partial charge on any atom is 0.0873 e. The van der Waals surface area contributed by atoms with Crippen LogP contribution in [0.4, 0.5) is 0 Å². The molecule has 13 atom stereocenters. The van der Waals surface area contributed by atoms with Gasteiger partial charge in [0.25, 0.3) is 0 Å². The van der Waals surface area contributed by atoms with Crippen molar-refractivity contribution in [2.75, 3.05) is 7.11 Å². The Morgan fingerprint density at radius 2 is 1.68 bits per heavy atom. The van der Waals surface area contributed by atoms with E-state index in [9.17, 15) is 0 Å². The Bertz CT molecular complexity index is 732. The van der Waals surface area contributed by atoms with Crippen molar-refractivity contribution in [3.63, 3.8) is 0 Å². The van der Waals surface area contributed by atoms with Crippen LogP contribution in [0.5, 0.6) is 0 Å². The van der Waals surface area contributed by atoms with Gasteiger partial charge in [0.2, 0.25) is 0 Å². The molecule has 0 aromatic heterocycles. The number of hydrogen-bond donors (Lipinski definition) is 0. The van der Waals surface area contributed by atoms with Gasteiger partial charge in [-0.2, -0.15) is 0 Å².